The lowest BCUT2D eigenvalue weighted by atomic mass is 9.93. The van der Waals surface area contributed by atoms with Crippen LogP contribution in [0.4, 0.5) is 4.39 Å². The van der Waals surface area contributed by atoms with E-state index in [-0.39, 0.29) is 11.2 Å². The topological polar surface area (TPSA) is 29.3 Å². The van der Waals surface area contributed by atoms with Gasteiger partial charge in [0.1, 0.15) is 5.82 Å². The van der Waals surface area contributed by atoms with Crippen LogP contribution in [0.2, 0.25) is 0 Å². The highest BCUT2D eigenvalue weighted by atomic mass is 79.9. The number of benzene rings is 1. The standard InChI is InChI=1S/C13H20BrFN2/c1-13(2,8-16)9-17(3)7-10-4-5-12(15)11(14)6-10/h4-6H,7-9,16H2,1-3H3. The maximum Gasteiger partial charge on any atom is 0.137 e. The van der Waals surface area contributed by atoms with Gasteiger partial charge in [0.15, 0.2) is 0 Å². The predicted molar refractivity (Wildman–Crippen MR) is 73.3 cm³/mol. The van der Waals surface area contributed by atoms with Gasteiger partial charge in [0.2, 0.25) is 0 Å². The van der Waals surface area contributed by atoms with Crippen molar-refractivity contribution in [1.82, 2.24) is 4.90 Å². The molecule has 0 aliphatic heterocycles. The Morgan fingerprint density at radius 1 is 1.41 bits per heavy atom. The molecule has 1 rings (SSSR count). The van der Waals surface area contributed by atoms with Gasteiger partial charge in [-0.2, -0.15) is 0 Å². The second kappa shape index (κ2) is 5.94. The van der Waals surface area contributed by atoms with E-state index in [0.717, 1.165) is 18.7 Å². The molecule has 96 valence electrons. The van der Waals surface area contributed by atoms with Gasteiger partial charge < -0.3 is 10.6 Å². The highest BCUT2D eigenvalue weighted by molar-refractivity contribution is 9.10. The van der Waals surface area contributed by atoms with Crippen LogP contribution in [0.1, 0.15) is 19.4 Å². The summed E-state index contributed by atoms with van der Waals surface area (Å²) in [6.07, 6.45) is 0. The maximum atomic E-state index is 13.1. The van der Waals surface area contributed by atoms with E-state index in [2.05, 4.69) is 41.7 Å². The normalized spacial score (nSPS) is 12.2. The SMILES string of the molecule is CN(Cc1ccc(F)c(Br)c1)CC(C)(C)CN. The molecule has 0 bridgehead atoms. The van der Waals surface area contributed by atoms with Gasteiger partial charge in [-0.05, 0) is 52.6 Å². The third-order valence-corrected chi connectivity index (χ3v) is 3.29. The van der Waals surface area contributed by atoms with E-state index in [1.807, 2.05) is 12.1 Å². The molecular formula is C13H20BrFN2. The molecule has 0 radical (unpaired) electrons. The van der Waals surface area contributed by atoms with Gasteiger partial charge in [0, 0.05) is 13.1 Å². The second-order valence-electron chi connectivity index (χ2n) is 5.29. The third kappa shape index (κ3) is 4.74. The summed E-state index contributed by atoms with van der Waals surface area (Å²) < 4.78 is 13.6. The van der Waals surface area contributed by atoms with E-state index in [1.165, 1.54) is 6.07 Å². The van der Waals surface area contributed by atoms with Gasteiger partial charge in [-0.15, -0.1) is 0 Å². The lowest BCUT2D eigenvalue weighted by Crippen LogP contribution is -2.36. The molecule has 0 unspecified atom stereocenters. The molecule has 0 aliphatic rings. The molecule has 0 heterocycles. The Balaban J connectivity index is 2.62. The molecule has 0 fully saturated rings. The summed E-state index contributed by atoms with van der Waals surface area (Å²) in [6.45, 7) is 6.65. The largest absolute Gasteiger partial charge is 0.330 e. The third-order valence-electron chi connectivity index (χ3n) is 2.69. The number of hydrogen-bond donors (Lipinski definition) is 1. The lowest BCUT2D eigenvalue weighted by Gasteiger charge is -2.29. The Labute approximate surface area is 111 Å². The van der Waals surface area contributed by atoms with Crippen LogP contribution in [0.25, 0.3) is 0 Å². The summed E-state index contributed by atoms with van der Waals surface area (Å²) in [5, 5.41) is 0. The molecule has 0 saturated carbocycles. The molecule has 0 atom stereocenters. The van der Waals surface area contributed by atoms with E-state index < -0.39 is 0 Å². The first-order chi connectivity index (χ1) is 7.84. The fourth-order valence-electron chi connectivity index (χ4n) is 1.80. The predicted octanol–water partition coefficient (Wildman–Crippen LogP) is 3.00. The minimum atomic E-state index is -0.223. The lowest BCUT2D eigenvalue weighted by molar-refractivity contribution is 0.210. The monoisotopic (exact) mass is 302 g/mol. The summed E-state index contributed by atoms with van der Waals surface area (Å²) >= 11 is 3.20. The summed E-state index contributed by atoms with van der Waals surface area (Å²) in [4.78, 5) is 2.20. The Morgan fingerprint density at radius 2 is 2.06 bits per heavy atom. The Hall–Kier alpha value is -0.450. The zero-order valence-corrected chi connectivity index (χ0v) is 12.2. The molecule has 0 amide bonds. The van der Waals surface area contributed by atoms with Crippen molar-refractivity contribution in [2.75, 3.05) is 20.1 Å². The van der Waals surface area contributed by atoms with Crippen molar-refractivity contribution in [2.45, 2.75) is 20.4 Å². The molecule has 0 saturated heterocycles. The number of rotatable bonds is 5. The molecule has 0 aliphatic carbocycles. The summed E-state index contributed by atoms with van der Waals surface area (Å²) in [6, 6.07) is 5.12. The van der Waals surface area contributed by atoms with Crippen molar-refractivity contribution in [2.24, 2.45) is 11.1 Å². The number of hydrogen-bond acceptors (Lipinski definition) is 2. The first-order valence-electron chi connectivity index (χ1n) is 5.66. The van der Waals surface area contributed by atoms with Crippen molar-refractivity contribution >= 4 is 15.9 Å². The van der Waals surface area contributed by atoms with Crippen molar-refractivity contribution < 1.29 is 4.39 Å². The van der Waals surface area contributed by atoms with Crippen molar-refractivity contribution in [3.8, 4) is 0 Å². The van der Waals surface area contributed by atoms with Crippen molar-refractivity contribution in [1.29, 1.82) is 0 Å². The maximum absolute atomic E-state index is 13.1. The van der Waals surface area contributed by atoms with Crippen LogP contribution in [0.3, 0.4) is 0 Å². The molecule has 1 aromatic carbocycles. The number of halogens is 2. The Kier molecular flexibility index (Phi) is 5.10. The fraction of sp³-hybridized carbons (Fsp3) is 0.538. The van der Waals surface area contributed by atoms with E-state index in [1.54, 1.807) is 0 Å². The van der Waals surface area contributed by atoms with E-state index in [0.29, 0.717) is 11.0 Å². The molecule has 17 heavy (non-hydrogen) atoms. The summed E-state index contributed by atoms with van der Waals surface area (Å²) in [5.74, 6) is -0.223. The fourth-order valence-corrected chi connectivity index (χ4v) is 2.23. The van der Waals surface area contributed by atoms with Gasteiger partial charge in [0.05, 0.1) is 4.47 Å². The van der Waals surface area contributed by atoms with Crippen LogP contribution in [-0.4, -0.2) is 25.0 Å². The Bertz CT molecular complexity index is 380. The molecule has 0 aromatic heterocycles. The van der Waals surface area contributed by atoms with Gasteiger partial charge in [0.25, 0.3) is 0 Å². The number of nitrogens with two attached hydrogens (primary N) is 1. The van der Waals surface area contributed by atoms with Crippen LogP contribution in [-0.2, 0) is 6.54 Å². The summed E-state index contributed by atoms with van der Waals surface area (Å²) in [7, 11) is 2.05. The minimum absolute atomic E-state index is 0.103. The average molecular weight is 303 g/mol. The van der Waals surface area contributed by atoms with E-state index in [4.69, 9.17) is 5.73 Å². The first-order valence-corrected chi connectivity index (χ1v) is 6.46. The average Bonchev–Trinajstić information content (AvgIpc) is 2.23. The van der Waals surface area contributed by atoms with Crippen LogP contribution >= 0.6 is 15.9 Å². The molecule has 2 N–H and O–H groups in total. The van der Waals surface area contributed by atoms with Gasteiger partial charge >= 0.3 is 0 Å². The van der Waals surface area contributed by atoms with Crippen LogP contribution in [0.15, 0.2) is 22.7 Å². The van der Waals surface area contributed by atoms with Gasteiger partial charge in [-0.1, -0.05) is 19.9 Å². The number of nitrogens with zero attached hydrogens (tertiary/aromatic N) is 1. The van der Waals surface area contributed by atoms with Gasteiger partial charge in [-0.25, -0.2) is 4.39 Å². The minimum Gasteiger partial charge on any atom is -0.330 e. The van der Waals surface area contributed by atoms with Crippen LogP contribution in [0, 0.1) is 11.2 Å². The van der Waals surface area contributed by atoms with Crippen LogP contribution in [0.5, 0.6) is 0 Å². The molecule has 0 spiro atoms. The smallest absolute Gasteiger partial charge is 0.137 e. The zero-order valence-electron chi connectivity index (χ0n) is 10.6. The molecular weight excluding hydrogens is 283 g/mol. The van der Waals surface area contributed by atoms with Crippen molar-refractivity contribution in [3.63, 3.8) is 0 Å². The highest BCUT2D eigenvalue weighted by Crippen LogP contribution is 2.19. The quantitative estimate of drug-likeness (QED) is 0.906. The van der Waals surface area contributed by atoms with E-state index in [9.17, 15) is 4.39 Å². The highest BCUT2D eigenvalue weighted by Gasteiger charge is 2.18. The van der Waals surface area contributed by atoms with Crippen molar-refractivity contribution in [3.05, 3.63) is 34.1 Å². The molecule has 1 aromatic rings. The van der Waals surface area contributed by atoms with Crippen LogP contribution < -0.4 is 5.73 Å². The first kappa shape index (κ1) is 14.6. The molecule has 4 heteroatoms. The zero-order chi connectivity index (χ0) is 13.1. The second-order valence-corrected chi connectivity index (χ2v) is 6.14. The molecule has 2 nitrogen and oxygen atoms in total. The van der Waals surface area contributed by atoms with Gasteiger partial charge in [-0.3, -0.25) is 0 Å². The van der Waals surface area contributed by atoms with E-state index >= 15 is 0 Å². The Morgan fingerprint density at radius 3 is 2.59 bits per heavy atom. The summed E-state index contributed by atoms with van der Waals surface area (Å²) in [5.41, 5.74) is 6.90.